The van der Waals surface area contributed by atoms with Crippen molar-refractivity contribution in [3.63, 3.8) is 0 Å². The number of benzene rings is 3. The summed E-state index contributed by atoms with van der Waals surface area (Å²) in [5, 5.41) is 0. The second-order valence-corrected chi connectivity index (χ2v) is 15.3. The lowest BCUT2D eigenvalue weighted by Crippen LogP contribution is -2.45. The summed E-state index contributed by atoms with van der Waals surface area (Å²) in [5.41, 5.74) is 0.713. The summed E-state index contributed by atoms with van der Waals surface area (Å²) in [7, 11) is 0. The summed E-state index contributed by atoms with van der Waals surface area (Å²) in [6.07, 6.45) is 7.03. The molecule has 15 heteroatoms. The van der Waals surface area contributed by atoms with Gasteiger partial charge < -0.3 is 33.2 Å². The molecule has 0 spiro atoms. The Hall–Kier alpha value is -6.38. The lowest BCUT2D eigenvalue weighted by atomic mass is 9.91. The van der Waals surface area contributed by atoms with Crippen LogP contribution in [0.25, 0.3) is 22.3 Å². The first-order valence-corrected chi connectivity index (χ1v) is 21.2. The van der Waals surface area contributed by atoms with Crippen LogP contribution in [-0.4, -0.2) is 82.1 Å². The molecule has 0 aliphatic heterocycles. The minimum Gasteiger partial charge on any atom is -0.492 e. The predicted octanol–water partition coefficient (Wildman–Crippen LogP) is 8.56. The van der Waals surface area contributed by atoms with Gasteiger partial charge in [0.05, 0.1) is 25.4 Å². The van der Waals surface area contributed by atoms with Crippen molar-refractivity contribution in [1.29, 1.82) is 0 Å². The zero-order valence-electron chi connectivity index (χ0n) is 37.3. The number of ether oxygens (including phenoxy) is 7. The van der Waals surface area contributed by atoms with Gasteiger partial charge in [0, 0.05) is 11.1 Å². The summed E-state index contributed by atoms with van der Waals surface area (Å²) < 4.78 is 68.8. The molecule has 0 heterocycles. The maximum Gasteiger partial charge on any atom is 0.417 e. The maximum absolute atomic E-state index is 16.0. The lowest BCUT2D eigenvalue weighted by molar-refractivity contribution is -0.178. The number of halogens is 2. The highest BCUT2D eigenvalue weighted by atomic mass is 19.1. The Bertz CT molecular complexity index is 2070. The average Bonchev–Trinajstić information content (AvgIpc) is 3.27. The molecule has 0 aliphatic carbocycles. The summed E-state index contributed by atoms with van der Waals surface area (Å²) in [6, 6.07) is 14.5. The van der Waals surface area contributed by atoms with E-state index in [2.05, 4.69) is 20.1 Å². The smallest absolute Gasteiger partial charge is 0.417 e. The summed E-state index contributed by atoms with van der Waals surface area (Å²) >= 11 is 0. The number of hydrogen-bond acceptors (Lipinski definition) is 13. The molecule has 346 valence electrons. The van der Waals surface area contributed by atoms with Crippen molar-refractivity contribution in [2.24, 2.45) is 5.41 Å². The predicted molar refractivity (Wildman–Crippen MR) is 233 cm³/mol. The molecule has 0 aliphatic rings. The molecular formula is C49H58F2O13. The molecule has 0 amide bonds. The lowest BCUT2D eigenvalue weighted by Gasteiger charge is -2.32. The van der Waals surface area contributed by atoms with Gasteiger partial charge >= 0.3 is 35.8 Å². The Kier molecular flexibility index (Phi) is 21.3. The van der Waals surface area contributed by atoms with E-state index in [0.29, 0.717) is 16.7 Å². The third-order valence-electron chi connectivity index (χ3n) is 9.71. The Morgan fingerprint density at radius 2 is 1.03 bits per heavy atom. The van der Waals surface area contributed by atoms with Crippen LogP contribution in [0.5, 0.6) is 5.75 Å². The molecule has 0 saturated heterocycles. The molecule has 0 fully saturated rings. The third kappa shape index (κ3) is 16.4. The Labute approximate surface area is 373 Å². The van der Waals surface area contributed by atoms with E-state index in [9.17, 15) is 28.8 Å². The molecule has 3 aromatic rings. The molecule has 0 saturated carbocycles. The van der Waals surface area contributed by atoms with Gasteiger partial charge in [-0.1, -0.05) is 76.1 Å². The van der Waals surface area contributed by atoms with Crippen LogP contribution in [0.1, 0.15) is 84.3 Å². The maximum atomic E-state index is 16.0. The van der Waals surface area contributed by atoms with Crippen molar-refractivity contribution in [2.75, 3.05) is 46.2 Å². The van der Waals surface area contributed by atoms with Gasteiger partial charge in [-0.2, -0.15) is 0 Å². The van der Waals surface area contributed by atoms with Gasteiger partial charge in [-0.25, -0.2) is 37.5 Å². The quantitative estimate of drug-likeness (QED) is 0.0261. The van der Waals surface area contributed by atoms with Gasteiger partial charge in [0.15, 0.2) is 0 Å². The zero-order valence-corrected chi connectivity index (χ0v) is 37.3. The molecule has 0 N–H and O–H groups in total. The van der Waals surface area contributed by atoms with Crippen molar-refractivity contribution in [1.82, 2.24) is 0 Å². The van der Waals surface area contributed by atoms with Crippen LogP contribution in [0.4, 0.5) is 8.78 Å². The summed E-state index contributed by atoms with van der Waals surface area (Å²) in [5.74, 6) is -8.56. The first-order chi connectivity index (χ1) is 30.5. The first kappa shape index (κ1) is 52.0. The molecule has 0 aromatic heterocycles. The fourth-order valence-corrected chi connectivity index (χ4v) is 6.19. The van der Waals surface area contributed by atoms with Gasteiger partial charge in [0.2, 0.25) is 0 Å². The van der Waals surface area contributed by atoms with E-state index in [-0.39, 0.29) is 60.7 Å². The van der Waals surface area contributed by atoms with Crippen LogP contribution >= 0.6 is 0 Å². The second kappa shape index (κ2) is 26.3. The van der Waals surface area contributed by atoms with E-state index in [1.807, 2.05) is 24.3 Å². The first-order valence-electron chi connectivity index (χ1n) is 21.2. The number of aryl methyl sites for hydroxylation is 2. The van der Waals surface area contributed by atoms with Crippen LogP contribution < -0.4 is 4.74 Å². The van der Waals surface area contributed by atoms with Crippen molar-refractivity contribution in [3.8, 4) is 28.0 Å². The van der Waals surface area contributed by atoms with Crippen molar-refractivity contribution in [3.05, 3.63) is 102 Å². The SMILES string of the molecule is C=C(C)C(=O)OCCCc1cc(-c2c(F)cc(-c3ccc(CCCCCCC)cc3)cc2F)ccc1OCC(COC(=O)C(=C)C)(COC(=O)C(=O)OCC)COC(=O)C(=O)OCC. The summed E-state index contributed by atoms with van der Waals surface area (Å²) in [4.78, 5) is 74.2. The highest BCUT2D eigenvalue weighted by Gasteiger charge is 2.39. The summed E-state index contributed by atoms with van der Waals surface area (Å²) in [6.45, 7) is 11.9. The van der Waals surface area contributed by atoms with Crippen molar-refractivity contribution < 1.29 is 70.7 Å². The van der Waals surface area contributed by atoms with Gasteiger partial charge in [-0.05, 0) is 105 Å². The Morgan fingerprint density at radius 3 is 1.56 bits per heavy atom. The van der Waals surface area contributed by atoms with Crippen LogP contribution in [-0.2, 0) is 70.0 Å². The number of carbonyl (C=O) groups excluding carboxylic acids is 6. The van der Waals surface area contributed by atoms with Crippen LogP contribution in [0.15, 0.2) is 78.9 Å². The Balaban J connectivity index is 2.03. The zero-order chi connectivity index (χ0) is 47.2. The number of esters is 6. The third-order valence-corrected chi connectivity index (χ3v) is 9.71. The normalized spacial score (nSPS) is 10.9. The average molecular weight is 893 g/mol. The highest BCUT2D eigenvalue weighted by Crippen LogP contribution is 2.35. The molecule has 3 rings (SSSR count). The fourth-order valence-electron chi connectivity index (χ4n) is 6.19. The molecule has 0 bridgehead atoms. The van der Waals surface area contributed by atoms with E-state index >= 15 is 8.78 Å². The number of unbranched alkanes of at least 4 members (excludes halogenated alkanes) is 4. The van der Waals surface area contributed by atoms with E-state index < -0.39 is 79.3 Å². The molecule has 0 unspecified atom stereocenters. The Morgan fingerprint density at radius 1 is 0.531 bits per heavy atom. The van der Waals surface area contributed by atoms with E-state index in [0.717, 1.165) is 24.8 Å². The molecule has 13 nitrogen and oxygen atoms in total. The number of carbonyl (C=O) groups is 6. The molecular weight excluding hydrogens is 835 g/mol. The van der Waals surface area contributed by atoms with Crippen LogP contribution in [0.2, 0.25) is 0 Å². The van der Waals surface area contributed by atoms with Gasteiger partial charge in [0.25, 0.3) is 0 Å². The molecule has 0 atom stereocenters. The van der Waals surface area contributed by atoms with E-state index in [4.69, 9.17) is 33.2 Å². The highest BCUT2D eigenvalue weighted by molar-refractivity contribution is 6.30. The monoisotopic (exact) mass is 892 g/mol. The van der Waals surface area contributed by atoms with Crippen LogP contribution in [0, 0.1) is 17.0 Å². The van der Waals surface area contributed by atoms with E-state index in [1.165, 1.54) is 77.3 Å². The minimum atomic E-state index is -1.80. The van der Waals surface area contributed by atoms with Gasteiger partial charge in [-0.3, -0.25) is 0 Å². The topological polar surface area (TPSA) is 167 Å². The minimum absolute atomic E-state index is 0.0130. The second-order valence-electron chi connectivity index (χ2n) is 15.3. The molecule has 64 heavy (non-hydrogen) atoms. The van der Waals surface area contributed by atoms with Crippen LogP contribution in [0.3, 0.4) is 0 Å². The standard InChI is InChI=1S/C49H58F2O13/c1-8-11-12-13-14-16-34-18-20-35(21-19-34)38-26-39(50)42(40(51)27-38)37-22-23-41(36(25-37)17-15-24-60-43(52)32(4)5)61-28-49(29-62-44(53)33(6)7,30-63-47(56)45(54)58-9-2)31-64-48(57)46(55)59-10-3/h18-23,25-27H,4,6,8-17,24,28-31H2,1-3,5,7H3. The van der Waals surface area contributed by atoms with E-state index in [1.54, 1.807) is 0 Å². The largest absolute Gasteiger partial charge is 0.492 e. The van der Waals surface area contributed by atoms with Gasteiger partial charge in [-0.15, -0.1) is 0 Å². The fraction of sp³-hybridized carbons (Fsp3) is 0.429. The van der Waals surface area contributed by atoms with Gasteiger partial charge in [0.1, 0.15) is 49.2 Å². The van der Waals surface area contributed by atoms with Crippen molar-refractivity contribution >= 4 is 35.8 Å². The number of hydrogen-bond donors (Lipinski definition) is 0. The molecule has 3 aromatic carbocycles. The van der Waals surface area contributed by atoms with Crippen molar-refractivity contribution in [2.45, 2.75) is 86.0 Å². The molecule has 0 radical (unpaired) electrons. The number of rotatable bonds is 25.